The molecule has 0 saturated carbocycles. The summed E-state index contributed by atoms with van der Waals surface area (Å²) >= 11 is 3.45. The maximum atomic E-state index is 4.26. The molecule has 12 heavy (non-hydrogen) atoms. The molecule has 0 spiro atoms. The highest BCUT2D eigenvalue weighted by atomic mass is 79.9. The van der Waals surface area contributed by atoms with Crippen LogP contribution in [0.2, 0.25) is 0 Å². The Morgan fingerprint density at radius 2 is 2.33 bits per heavy atom. The second kappa shape index (κ2) is 4.45. The molecule has 1 N–H and O–H groups in total. The zero-order valence-corrected chi connectivity index (χ0v) is 8.98. The van der Waals surface area contributed by atoms with Crippen LogP contribution in [0, 0.1) is 6.92 Å². The summed E-state index contributed by atoms with van der Waals surface area (Å²) in [5.41, 5.74) is 1.17. The standard InChI is InChI=1S/C9H13BrN2/c1-3-4-11-9-8(10)5-7(2)6-12-9/h5-6H,3-4H2,1-2H3,(H,11,12). The lowest BCUT2D eigenvalue weighted by Crippen LogP contribution is -2.02. The average Bonchev–Trinajstić information content (AvgIpc) is 2.03. The van der Waals surface area contributed by atoms with Crippen molar-refractivity contribution in [2.45, 2.75) is 20.3 Å². The van der Waals surface area contributed by atoms with Gasteiger partial charge < -0.3 is 5.32 Å². The average molecular weight is 229 g/mol. The van der Waals surface area contributed by atoms with Crippen molar-refractivity contribution in [1.29, 1.82) is 0 Å². The minimum Gasteiger partial charge on any atom is -0.369 e. The summed E-state index contributed by atoms with van der Waals surface area (Å²) in [6.45, 7) is 5.13. The summed E-state index contributed by atoms with van der Waals surface area (Å²) in [5, 5.41) is 3.23. The summed E-state index contributed by atoms with van der Waals surface area (Å²) in [7, 11) is 0. The van der Waals surface area contributed by atoms with Crippen molar-refractivity contribution >= 4 is 21.7 Å². The van der Waals surface area contributed by atoms with E-state index >= 15 is 0 Å². The van der Waals surface area contributed by atoms with Crippen LogP contribution in [0.1, 0.15) is 18.9 Å². The molecule has 1 aromatic rings. The van der Waals surface area contributed by atoms with Gasteiger partial charge in [-0.2, -0.15) is 0 Å². The lowest BCUT2D eigenvalue weighted by molar-refractivity contribution is 0.966. The third-order valence-electron chi connectivity index (χ3n) is 1.52. The van der Waals surface area contributed by atoms with E-state index in [9.17, 15) is 0 Å². The maximum Gasteiger partial charge on any atom is 0.140 e. The predicted octanol–water partition coefficient (Wildman–Crippen LogP) is 2.97. The number of anilines is 1. The molecule has 0 aromatic carbocycles. The molecule has 0 aliphatic heterocycles. The van der Waals surface area contributed by atoms with Gasteiger partial charge in [0.25, 0.3) is 0 Å². The van der Waals surface area contributed by atoms with Crippen LogP contribution in [0.3, 0.4) is 0 Å². The molecule has 0 atom stereocenters. The van der Waals surface area contributed by atoms with Gasteiger partial charge in [-0.15, -0.1) is 0 Å². The summed E-state index contributed by atoms with van der Waals surface area (Å²) in [6.07, 6.45) is 2.98. The van der Waals surface area contributed by atoms with E-state index in [1.165, 1.54) is 5.56 Å². The minimum absolute atomic E-state index is 0.933. The van der Waals surface area contributed by atoms with Crippen molar-refractivity contribution in [3.63, 3.8) is 0 Å². The zero-order valence-electron chi connectivity index (χ0n) is 7.39. The number of halogens is 1. The second-order valence-electron chi connectivity index (χ2n) is 2.77. The summed E-state index contributed by atoms with van der Waals surface area (Å²) in [5.74, 6) is 0.933. The van der Waals surface area contributed by atoms with Gasteiger partial charge in [-0.25, -0.2) is 4.98 Å². The predicted molar refractivity (Wildman–Crippen MR) is 55.5 cm³/mol. The van der Waals surface area contributed by atoms with Gasteiger partial charge in [0, 0.05) is 12.7 Å². The number of aromatic nitrogens is 1. The number of aryl methyl sites for hydroxylation is 1. The van der Waals surface area contributed by atoms with Crippen LogP contribution in [0.5, 0.6) is 0 Å². The Kier molecular flexibility index (Phi) is 3.53. The van der Waals surface area contributed by atoms with Crippen molar-refractivity contribution < 1.29 is 0 Å². The Labute approximate surface area is 81.5 Å². The first kappa shape index (κ1) is 9.52. The van der Waals surface area contributed by atoms with Gasteiger partial charge in [0.2, 0.25) is 0 Å². The molecule has 0 saturated heterocycles. The van der Waals surface area contributed by atoms with Crippen LogP contribution in [-0.2, 0) is 0 Å². The van der Waals surface area contributed by atoms with Gasteiger partial charge in [0.05, 0.1) is 4.47 Å². The molecular formula is C9H13BrN2. The maximum absolute atomic E-state index is 4.26. The number of nitrogens with one attached hydrogen (secondary N) is 1. The van der Waals surface area contributed by atoms with Crippen LogP contribution in [-0.4, -0.2) is 11.5 Å². The fraction of sp³-hybridized carbons (Fsp3) is 0.444. The smallest absolute Gasteiger partial charge is 0.140 e. The van der Waals surface area contributed by atoms with E-state index in [2.05, 4.69) is 39.2 Å². The monoisotopic (exact) mass is 228 g/mol. The van der Waals surface area contributed by atoms with Crippen molar-refractivity contribution in [1.82, 2.24) is 4.98 Å². The highest BCUT2D eigenvalue weighted by Gasteiger charge is 1.98. The van der Waals surface area contributed by atoms with Crippen molar-refractivity contribution in [2.24, 2.45) is 0 Å². The third kappa shape index (κ3) is 2.48. The minimum atomic E-state index is 0.933. The largest absolute Gasteiger partial charge is 0.369 e. The third-order valence-corrected chi connectivity index (χ3v) is 2.12. The quantitative estimate of drug-likeness (QED) is 0.861. The van der Waals surface area contributed by atoms with E-state index in [0.717, 1.165) is 23.3 Å². The van der Waals surface area contributed by atoms with E-state index in [1.807, 2.05) is 13.1 Å². The first-order valence-corrected chi connectivity index (χ1v) is 4.89. The van der Waals surface area contributed by atoms with E-state index in [-0.39, 0.29) is 0 Å². The van der Waals surface area contributed by atoms with Gasteiger partial charge in [0.15, 0.2) is 0 Å². The molecule has 0 amide bonds. The summed E-state index contributed by atoms with van der Waals surface area (Å²) < 4.78 is 1.04. The van der Waals surface area contributed by atoms with Crippen molar-refractivity contribution in [3.8, 4) is 0 Å². The highest BCUT2D eigenvalue weighted by molar-refractivity contribution is 9.10. The van der Waals surface area contributed by atoms with Gasteiger partial charge in [-0.3, -0.25) is 0 Å². The molecule has 1 heterocycles. The number of rotatable bonds is 3. The Morgan fingerprint density at radius 1 is 1.58 bits per heavy atom. The number of hydrogen-bond donors (Lipinski definition) is 1. The summed E-state index contributed by atoms with van der Waals surface area (Å²) in [4.78, 5) is 4.26. The molecule has 0 aliphatic rings. The molecule has 66 valence electrons. The molecule has 1 aromatic heterocycles. The molecule has 0 aliphatic carbocycles. The Balaban J connectivity index is 2.72. The molecular weight excluding hydrogens is 216 g/mol. The number of pyridine rings is 1. The molecule has 1 rings (SSSR count). The van der Waals surface area contributed by atoms with Crippen LogP contribution in [0.4, 0.5) is 5.82 Å². The SMILES string of the molecule is CCCNc1ncc(C)cc1Br. The zero-order chi connectivity index (χ0) is 8.97. The Hall–Kier alpha value is -0.570. The van der Waals surface area contributed by atoms with Gasteiger partial charge in [0.1, 0.15) is 5.82 Å². The normalized spacial score (nSPS) is 9.92. The number of nitrogens with zero attached hydrogens (tertiary/aromatic N) is 1. The molecule has 2 nitrogen and oxygen atoms in total. The first-order valence-electron chi connectivity index (χ1n) is 4.10. The highest BCUT2D eigenvalue weighted by Crippen LogP contribution is 2.19. The van der Waals surface area contributed by atoms with Crippen molar-refractivity contribution in [3.05, 3.63) is 22.3 Å². The summed E-state index contributed by atoms with van der Waals surface area (Å²) in [6, 6.07) is 2.06. The molecule has 3 heteroatoms. The molecule has 0 unspecified atom stereocenters. The lowest BCUT2D eigenvalue weighted by Gasteiger charge is -2.05. The van der Waals surface area contributed by atoms with E-state index in [0.29, 0.717) is 0 Å². The van der Waals surface area contributed by atoms with E-state index < -0.39 is 0 Å². The lowest BCUT2D eigenvalue weighted by atomic mass is 10.3. The Morgan fingerprint density at radius 3 is 2.92 bits per heavy atom. The fourth-order valence-corrected chi connectivity index (χ4v) is 1.51. The van der Waals surface area contributed by atoms with Gasteiger partial charge in [-0.05, 0) is 40.9 Å². The van der Waals surface area contributed by atoms with Crippen LogP contribution in [0.25, 0.3) is 0 Å². The first-order chi connectivity index (χ1) is 5.74. The van der Waals surface area contributed by atoms with Gasteiger partial charge in [-0.1, -0.05) is 6.92 Å². The second-order valence-corrected chi connectivity index (χ2v) is 3.62. The fourth-order valence-electron chi connectivity index (χ4n) is 0.907. The Bertz CT molecular complexity index is 261. The van der Waals surface area contributed by atoms with Crippen molar-refractivity contribution in [2.75, 3.05) is 11.9 Å². The van der Waals surface area contributed by atoms with Crippen LogP contribution < -0.4 is 5.32 Å². The van der Waals surface area contributed by atoms with Crippen LogP contribution in [0.15, 0.2) is 16.7 Å². The van der Waals surface area contributed by atoms with E-state index in [4.69, 9.17) is 0 Å². The molecule has 0 bridgehead atoms. The number of hydrogen-bond acceptors (Lipinski definition) is 2. The van der Waals surface area contributed by atoms with Gasteiger partial charge >= 0.3 is 0 Å². The van der Waals surface area contributed by atoms with Crippen LogP contribution >= 0.6 is 15.9 Å². The van der Waals surface area contributed by atoms with E-state index in [1.54, 1.807) is 0 Å². The topological polar surface area (TPSA) is 24.9 Å². The molecule has 0 fully saturated rings. The molecule has 0 radical (unpaired) electrons.